The summed E-state index contributed by atoms with van der Waals surface area (Å²) in [5.74, 6) is 1.39. The van der Waals surface area contributed by atoms with Gasteiger partial charge in [0.05, 0.1) is 13.2 Å². The number of carbonyl (C=O) groups excluding carboxylic acids is 1. The Balaban J connectivity index is 2.25. The van der Waals surface area contributed by atoms with Gasteiger partial charge in [-0.3, -0.25) is 10.1 Å². The minimum atomic E-state index is -0.0857. The van der Waals surface area contributed by atoms with Gasteiger partial charge in [0.2, 0.25) is 5.91 Å². The van der Waals surface area contributed by atoms with Crippen LogP contribution in [0.15, 0.2) is 18.2 Å². The Hall–Kier alpha value is -1.55. The van der Waals surface area contributed by atoms with Gasteiger partial charge in [-0.05, 0) is 36.1 Å². The van der Waals surface area contributed by atoms with E-state index < -0.39 is 0 Å². The molecule has 1 N–H and O–H groups in total. The van der Waals surface area contributed by atoms with Crippen molar-refractivity contribution in [2.45, 2.75) is 39.4 Å². The molecule has 20 heavy (non-hydrogen) atoms. The standard InChI is InChI=1S/C16H24N2O2/c1-6-10(2)14-16(19)18(4)15(17-14)12-7-8-13(20-5)11(3)9-12/h7-10,14-15,17H,6H2,1-5H3. The highest BCUT2D eigenvalue weighted by Crippen LogP contribution is 2.30. The van der Waals surface area contributed by atoms with E-state index in [0.717, 1.165) is 23.3 Å². The fourth-order valence-corrected chi connectivity index (χ4v) is 2.73. The lowest BCUT2D eigenvalue weighted by Crippen LogP contribution is -2.35. The highest BCUT2D eigenvalue weighted by Gasteiger charge is 2.39. The molecule has 1 amide bonds. The van der Waals surface area contributed by atoms with Crippen molar-refractivity contribution in [1.29, 1.82) is 0 Å². The van der Waals surface area contributed by atoms with Crippen LogP contribution in [0, 0.1) is 12.8 Å². The van der Waals surface area contributed by atoms with Crippen LogP contribution in [-0.2, 0) is 4.79 Å². The minimum absolute atomic E-state index is 0.0499. The van der Waals surface area contributed by atoms with E-state index in [0.29, 0.717) is 5.92 Å². The van der Waals surface area contributed by atoms with Crippen LogP contribution in [0.2, 0.25) is 0 Å². The number of hydrogen-bond acceptors (Lipinski definition) is 3. The molecule has 2 rings (SSSR count). The van der Waals surface area contributed by atoms with Crippen molar-refractivity contribution in [3.05, 3.63) is 29.3 Å². The summed E-state index contributed by atoms with van der Waals surface area (Å²) in [6, 6.07) is 5.98. The van der Waals surface area contributed by atoms with Crippen LogP contribution in [0.25, 0.3) is 0 Å². The second-order valence-corrected chi connectivity index (χ2v) is 5.61. The van der Waals surface area contributed by atoms with Crippen molar-refractivity contribution in [2.75, 3.05) is 14.2 Å². The van der Waals surface area contributed by atoms with Gasteiger partial charge in [0, 0.05) is 7.05 Å². The smallest absolute Gasteiger partial charge is 0.241 e. The van der Waals surface area contributed by atoms with Crippen molar-refractivity contribution < 1.29 is 9.53 Å². The Bertz CT molecular complexity index is 501. The summed E-state index contributed by atoms with van der Waals surface area (Å²) in [4.78, 5) is 14.1. The molecule has 1 aromatic carbocycles. The molecule has 1 fully saturated rings. The number of benzene rings is 1. The number of aryl methyl sites for hydroxylation is 1. The van der Waals surface area contributed by atoms with Gasteiger partial charge < -0.3 is 9.64 Å². The summed E-state index contributed by atoms with van der Waals surface area (Å²) in [5, 5.41) is 3.46. The van der Waals surface area contributed by atoms with Gasteiger partial charge in [-0.15, -0.1) is 0 Å². The number of likely N-dealkylation sites (N-methyl/N-ethyl adjacent to an activating group) is 1. The molecule has 4 heteroatoms. The fourth-order valence-electron chi connectivity index (χ4n) is 2.73. The lowest BCUT2D eigenvalue weighted by Gasteiger charge is -2.20. The van der Waals surface area contributed by atoms with Gasteiger partial charge in [-0.2, -0.15) is 0 Å². The minimum Gasteiger partial charge on any atom is -0.496 e. The van der Waals surface area contributed by atoms with Gasteiger partial charge in [0.1, 0.15) is 11.9 Å². The monoisotopic (exact) mass is 276 g/mol. The molecule has 0 spiro atoms. The fraction of sp³-hybridized carbons (Fsp3) is 0.562. The van der Waals surface area contributed by atoms with Gasteiger partial charge in [-0.1, -0.05) is 26.3 Å². The molecule has 0 aliphatic carbocycles. The zero-order valence-corrected chi connectivity index (χ0v) is 12.9. The number of nitrogens with one attached hydrogen (secondary N) is 1. The second-order valence-electron chi connectivity index (χ2n) is 5.61. The zero-order chi connectivity index (χ0) is 14.9. The molecule has 3 unspecified atom stereocenters. The van der Waals surface area contributed by atoms with Crippen LogP contribution in [0.5, 0.6) is 5.75 Å². The van der Waals surface area contributed by atoms with Crippen molar-refractivity contribution in [1.82, 2.24) is 10.2 Å². The number of ether oxygens (including phenoxy) is 1. The first kappa shape index (κ1) is 14.9. The highest BCUT2D eigenvalue weighted by atomic mass is 16.5. The molecule has 0 radical (unpaired) electrons. The van der Waals surface area contributed by atoms with E-state index in [1.165, 1.54) is 0 Å². The number of amides is 1. The van der Waals surface area contributed by atoms with E-state index in [1.807, 2.05) is 26.1 Å². The molecular weight excluding hydrogens is 252 g/mol. The van der Waals surface area contributed by atoms with Crippen LogP contribution in [0.3, 0.4) is 0 Å². The van der Waals surface area contributed by atoms with E-state index in [9.17, 15) is 4.79 Å². The maximum absolute atomic E-state index is 12.3. The summed E-state index contributed by atoms with van der Waals surface area (Å²) in [6.07, 6.45) is 0.942. The molecule has 1 heterocycles. The maximum atomic E-state index is 12.3. The number of methoxy groups -OCH3 is 1. The van der Waals surface area contributed by atoms with Gasteiger partial charge in [0.15, 0.2) is 0 Å². The summed E-state index contributed by atoms with van der Waals surface area (Å²) in [6.45, 7) is 6.25. The largest absolute Gasteiger partial charge is 0.496 e. The van der Waals surface area contributed by atoms with Crippen molar-refractivity contribution >= 4 is 5.91 Å². The second kappa shape index (κ2) is 5.83. The maximum Gasteiger partial charge on any atom is 0.241 e. The predicted molar refractivity (Wildman–Crippen MR) is 79.6 cm³/mol. The van der Waals surface area contributed by atoms with Crippen molar-refractivity contribution in [3.63, 3.8) is 0 Å². The van der Waals surface area contributed by atoms with Crippen LogP contribution in [-0.4, -0.2) is 31.0 Å². The normalized spacial score (nSPS) is 24.1. The van der Waals surface area contributed by atoms with E-state index in [4.69, 9.17) is 4.74 Å². The highest BCUT2D eigenvalue weighted by molar-refractivity contribution is 5.84. The third-order valence-electron chi connectivity index (χ3n) is 4.29. The molecule has 0 bridgehead atoms. The molecule has 0 saturated carbocycles. The molecular formula is C16H24N2O2. The van der Waals surface area contributed by atoms with Crippen LogP contribution >= 0.6 is 0 Å². The Morgan fingerprint density at radius 2 is 2.15 bits per heavy atom. The average Bonchev–Trinajstić information content (AvgIpc) is 2.74. The summed E-state index contributed by atoms with van der Waals surface area (Å²) in [7, 11) is 3.53. The molecule has 1 aliphatic heterocycles. The average molecular weight is 276 g/mol. The van der Waals surface area contributed by atoms with E-state index in [1.54, 1.807) is 12.0 Å². The summed E-state index contributed by atoms with van der Waals surface area (Å²) >= 11 is 0. The van der Waals surface area contributed by atoms with E-state index in [2.05, 4.69) is 25.2 Å². The van der Waals surface area contributed by atoms with E-state index >= 15 is 0 Å². The number of carbonyl (C=O) groups is 1. The summed E-state index contributed by atoms with van der Waals surface area (Å²) in [5.41, 5.74) is 2.18. The Kier molecular flexibility index (Phi) is 4.33. The third kappa shape index (κ3) is 2.52. The lowest BCUT2D eigenvalue weighted by atomic mass is 9.99. The molecule has 110 valence electrons. The number of rotatable bonds is 4. The van der Waals surface area contributed by atoms with Gasteiger partial charge in [-0.25, -0.2) is 0 Å². The van der Waals surface area contributed by atoms with Gasteiger partial charge in [0.25, 0.3) is 0 Å². The van der Waals surface area contributed by atoms with Crippen LogP contribution < -0.4 is 10.1 Å². The first-order chi connectivity index (χ1) is 9.49. The molecule has 1 aliphatic rings. The molecule has 1 saturated heterocycles. The molecule has 3 atom stereocenters. The quantitative estimate of drug-likeness (QED) is 0.918. The SMILES string of the molecule is CCC(C)C1NC(c2ccc(OC)c(C)c2)N(C)C1=O. The first-order valence-electron chi connectivity index (χ1n) is 7.16. The van der Waals surface area contributed by atoms with Crippen molar-refractivity contribution in [2.24, 2.45) is 5.92 Å². The third-order valence-corrected chi connectivity index (χ3v) is 4.29. The Morgan fingerprint density at radius 3 is 2.70 bits per heavy atom. The van der Waals surface area contributed by atoms with Crippen LogP contribution in [0.4, 0.5) is 0 Å². The number of nitrogens with zero attached hydrogens (tertiary/aromatic N) is 1. The molecule has 0 aromatic heterocycles. The first-order valence-corrected chi connectivity index (χ1v) is 7.16. The molecule has 1 aromatic rings. The summed E-state index contributed by atoms with van der Waals surface area (Å²) < 4.78 is 5.29. The van der Waals surface area contributed by atoms with Crippen LogP contribution in [0.1, 0.15) is 37.6 Å². The Morgan fingerprint density at radius 1 is 1.45 bits per heavy atom. The van der Waals surface area contributed by atoms with E-state index in [-0.39, 0.29) is 18.1 Å². The predicted octanol–water partition coefficient (Wildman–Crippen LogP) is 2.48. The van der Waals surface area contributed by atoms with Crippen molar-refractivity contribution in [3.8, 4) is 5.75 Å². The van der Waals surface area contributed by atoms with Gasteiger partial charge >= 0.3 is 0 Å². The molecule has 4 nitrogen and oxygen atoms in total. The number of hydrogen-bond donors (Lipinski definition) is 1. The zero-order valence-electron chi connectivity index (χ0n) is 12.9. The lowest BCUT2D eigenvalue weighted by molar-refractivity contribution is -0.129. The topological polar surface area (TPSA) is 41.6 Å². The Labute approximate surface area is 121 Å².